The number of hydrogen-bond acceptors (Lipinski definition) is 12. The average molecular weight is 1220 g/mol. The van der Waals surface area contributed by atoms with E-state index in [1.54, 1.807) is 0 Å². The quantitative estimate of drug-likeness (QED) is 0.0871. The Labute approximate surface area is 468 Å². The van der Waals surface area contributed by atoms with Gasteiger partial charge in [0.15, 0.2) is 0 Å². The summed E-state index contributed by atoms with van der Waals surface area (Å²) in [5, 5.41) is 26.1. The van der Waals surface area contributed by atoms with Gasteiger partial charge < -0.3 is 20.0 Å². The molecule has 32 heteroatoms. The molecule has 0 radical (unpaired) electrons. The summed E-state index contributed by atoms with van der Waals surface area (Å²) in [5.74, 6) is 0.507. The molecule has 0 bridgehead atoms. The molecule has 0 spiro atoms. The molecule has 460 valence electrons. The Bertz CT molecular complexity index is 3050. The number of benzene rings is 2. The molecule has 4 aromatic heterocycles. The van der Waals surface area contributed by atoms with Crippen molar-refractivity contribution in [3.05, 3.63) is 117 Å². The molecule has 2 aliphatic carbocycles. The van der Waals surface area contributed by atoms with Crippen LogP contribution in [-0.4, -0.2) is 70.0 Å². The molecule has 2 aromatic carbocycles. The molecule has 6 aromatic rings. The topological polar surface area (TPSA) is 135 Å². The van der Waals surface area contributed by atoms with Crippen molar-refractivity contribution in [3.63, 3.8) is 0 Å². The largest absolute Gasteiger partial charge is 0.417 e. The van der Waals surface area contributed by atoms with Crippen LogP contribution < -0.4 is 20.0 Å². The molecular weight excluding hydrogens is 1160 g/mol. The van der Waals surface area contributed by atoms with Crippen LogP contribution in [0.15, 0.2) is 60.9 Å². The van der Waals surface area contributed by atoms with Crippen molar-refractivity contribution < 1.29 is 79.0 Å². The lowest BCUT2D eigenvalue weighted by Gasteiger charge is -2.32. The molecule has 14 nitrogen and oxygen atoms in total. The Morgan fingerprint density at radius 1 is 0.452 bits per heavy atom. The van der Waals surface area contributed by atoms with Crippen LogP contribution in [0.2, 0.25) is 0 Å². The summed E-state index contributed by atoms with van der Waals surface area (Å²) >= 11 is 0. The van der Waals surface area contributed by atoms with Gasteiger partial charge in [0.1, 0.15) is 11.6 Å². The van der Waals surface area contributed by atoms with Crippen LogP contribution in [0.3, 0.4) is 0 Å². The van der Waals surface area contributed by atoms with Crippen molar-refractivity contribution in [1.82, 2.24) is 50.4 Å². The zero-order valence-electron chi connectivity index (χ0n) is 45.1. The summed E-state index contributed by atoms with van der Waals surface area (Å²) in [5.41, 5.74) is -8.94. The van der Waals surface area contributed by atoms with E-state index < -0.39 is 108 Å². The second-order valence-electron chi connectivity index (χ2n) is 20.6. The Kier molecular flexibility index (Phi) is 19.9. The molecule has 0 atom stereocenters. The van der Waals surface area contributed by atoms with Gasteiger partial charge in [0, 0.05) is 69.3 Å². The Morgan fingerprint density at radius 3 is 1.21 bits per heavy atom. The average Bonchev–Trinajstić information content (AvgIpc) is 4.14. The molecular formula is C52H56F18N14. The SMILES string of the molecule is CCN(CC1CCCCC1)c1ncc(C(F)(F)F)cc1CN(Cc1cc(C(F)(F)F)cc(C(F)(F)F)c1)c1nnn(C)n1.Cn1nnc(N(Cc2cc(C(F)(F)F)cc(C(F)(F)F)c2)Cc2cc(C(F)(F)F)cnc2NCC2CCCCC2)n1. The summed E-state index contributed by atoms with van der Waals surface area (Å²) in [6.45, 7) is 1.19. The van der Waals surface area contributed by atoms with Crippen molar-refractivity contribution >= 4 is 23.5 Å². The fraction of sp³-hybridized carbons (Fsp3) is 0.538. The van der Waals surface area contributed by atoms with Crippen molar-refractivity contribution in [1.29, 1.82) is 0 Å². The third-order valence-corrected chi connectivity index (χ3v) is 14.1. The summed E-state index contributed by atoms with van der Waals surface area (Å²) in [4.78, 5) is 14.3. The lowest BCUT2D eigenvalue weighted by Crippen LogP contribution is -2.33. The van der Waals surface area contributed by atoms with Crippen LogP contribution in [0.4, 0.5) is 103 Å². The molecule has 0 saturated heterocycles. The van der Waals surface area contributed by atoms with E-state index in [4.69, 9.17) is 0 Å². The fourth-order valence-electron chi connectivity index (χ4n) is 9.95. The predicted molar refractivity (Wildman–Crippen MR) is 268 cm³/mol. The van der Waals surface area contributed by atoms with E-state index in [-0.39, 0.29) is 52.7 Å². The highest BCUT2D eigenvalue weighted by atomic mass is 19.4. The van der Waals surface area contributed by atoms with Gasteiger partial charge in [-0.1, -0.05) is 48.7 Å². The van der Waals surface area contributed by atoms with Gasteiger partial charge >= 0.3 is 37.1 Å². The summed E-state index contributed by atoms with van der Waals surface area (Å²) in [6, 6.07) is 3.95. The molecule has 2 fully saturated rings. The van der Waals surface area contributed by atoms with Gasteiger partial charge in [0.25, 0.3) is 11.9 Å². The number of anilines is 4. The Hall–Kier alpha value is -7.18. The lowest BCUT2D eigenvalue weighted by molar-refractivity contribution is -0.144. The number of alkyl halides is 18. The molecule has 0 aliphatic heterocycles. The van der Waals surface area contributed by atoms with Gasteiger partial charge in [-0.25, -0.2) is 9.97 Å². The number of nitrogens with zero attached hydrogens (tertiary/aromatic N) is 13. The van der Waals surface area contributed by atoms with E-state index in [2.05, 4.69) is 46.1 Å². The van der Waals surface area contributed by atoms with Gasteiger partial charge in [-0.15, -0.1) is 10.2 Å². The Balaban J connectivity index is 0.000000241. The highest BCUT2D eigenvalue weighted by Crippen LogP contribution is 2.41. The van der Waals surface area contributed by atoms with E-state index in [1.807, 2.05) is 11.8 Å². The minimum atomic E-state index is -5.08. The molecule has 0 unspecified atom stereocenters. The molecule has 84 heavy (non-hydrogen) atoms. The summed E-state index contributed by atoms with van der Waals surface area (Å²) in [6.07, 6.45) is -18.3. The van der Waals surface area contributed by atoms with Crippen molar-refractivity contribution in [3.8, 4) is 0 Å². The molecule has 2 aliphatic rings. The number of tetrazole rings is 2. The first-order valence-electron chi connectivity index (χ1n) is 26.3. The minimum absolute atomic E-state index is 0.00156. The lowest BCUT2D eigenvalue weighted by atomic mass is 9.89. The number of halogens is 18. The highest BCUT2D eigenvalue weighted by Gasteiger charge is 2.40. The Morgan fingerprint density at radius 2 is 0.833 bits per heavy atom. The predicted octanol–water partition coefficient (Wildman–Crippen LogP) is 14.1. The maximum atomic E-state index is 13.8. The number of hydrogen-bond donors (Lipinski definition) is 1. The third-order valence-electron chi connectivity index (χ3n) is 14.1. The zero-order chi connectivity index (χ0) is 61.6. The molecule has 0 amide bonds. The maximum Gasteiger partial charge on any atom is 0.417 e. The number of aryl methyl sites for hydroxylation is 2. The van der Waals surface area contributed by atoms with Crippen LogP contribution in [-0.2, 0) is 77.3 Å². The monoisotopic (exact) mass is 1220 g/mol. The molecule has 4 heterocycles. The van der Waals surface area contributed by atoms with E-state index in [9.17, 15) is 79.0 Å². The first-order chi connectivity index (χ1) is 39.1. The fourth-order valence-corrected chi connectivity index (χ4v) is 9.95. The molecule has 8 rings (SSSR count). The van der Waals surface area contributed by atoms with Gasteiger partial charge in [-0.3, -0.25) is 0 Å². The van der Waals surface area contributed by atoms with E-state index >= 15 is 0 Å². The van der Waals surface area contributed by atoms with E-state index in [1.165, 1.54) is 19.0 Å². The van der Waals surface area contributed by atoms with Crippen LogP contribution in [0.5, 0.6) is 0 Å². The highest BCUT2D eigenvalue weighted by molar-refractivity contribution is 5.52. The van der Waals surface area contributed by atoms with Crippen molar-refractivity contribution in [2.45, 2.75) is 134 Å². The van der Waals surface area contributed by atoms with Crippen LogP contribution in [0.25, 0.3) is 0 Å². The number of nitrogens with one attached hydrogen (secondary N) is 1. The maximum absolute atomic E-state index is 13.8. The number of aromatic nitrogens is 10. The zero-order valence-corrected chi connectivity index (χ0v) is 45.1. The van der Waals surface area contributed by atoms with Gasteiger partial charge in [0.05, 0.1) is 47.5 Å². The first-order valence-corrected chi connectivity index (χ1v) is 26.3. The van der Waals surface area contributed by atoms with Crippen LogP contribution in [0.1, 0.15) is 127 Å². The van der Waals surface area contributed by atoms with Gasteiger partial charge in [0.2, 0.25) is 0 Å². The van der Waals surface area contributed by atoms with Crippen molar-refractivity contribution in [2.75, 3.05) is 39.7 Å². The summed E-state index contributed by atoms with van der Waals surface area (Å²) < 4.78 is 244. The van der Waals surface area contributed by atoms with Crippen LogP contribution >= 0.6 is 0 Å². The van der Waals surface area contributed by atoms with Crippen molar-refractivity contribution in [2.24, 2.45) is 25.9 Å². The van der Waals surface area contributed by atoms with E-state index in [0.29, 0.717) is 56.0 Å². The standard InChI is InChI=1S/C27H30F9N7.C25H26F9N7/c1-3-42(14-17-7-5-4-6-8-17)23-19(11-22(13-37-23)27(34,35)36)16-43(24-38-40-41(2)39-24)15-18-9-20(25(28,29)30)12-21(10-18)26(31,32)33;1-40-38-22(37-39-40)41(13-16-7-18(23(26,27)28)10-19(8-16)24(29,30)31)14-17-9-20(25(32,33)34)12-36-21(17)35-11-15-5-3-2-4-6-15/h9-13,17H,3-8,14-16H2,1-2H3;7-10,12,15H,2-6,11,13-14H2,1H3,(H,35,36). The summed E-state index contributed by atoms with van der Waals surface area (Å²) in [7, 11) is 2.77. The second-order valence-corrected chi connectivity index (χ2v) is 20.6. The number of rotatable bonds is 17. The van der Waals surface area contributed by atoms with Gasteiger partial charge in [-0.05, 0) is 115 Å². The molecule has 2 saturated carbocycles. The normalized spacial score (nSPS) is 15.2. The van der Waals surface area contributed by atoms with Gasteiger partial charge in [-0.2, -0.15) is 88.6 Å². The first kappa shape index (κ1) is 64.4. The minimum Gasteiger partial charge on any atom is -0.370 e. The molecule has 1 N–H and O–H groups in total. The smallest absolute Gasteiger partial charge is 0.370 e. The third kappa shape index (κ3) is 17.7. The second kappa shape index (κ2) is 26.0. The van der Waals surface area contributed by atoms with Crippen LogP contribution in [0, 0.1) is 11.8 Å². The van der Waals surface area contributed by atoms with E-state index in [0.717, 1.165) is 97.0 Å². The number of pyridine rings is 2.